The Hall–Kier alpha value is -1.14. The van der Waals surface area contributed by atoms with Crippen LogP contribution < -0.4 is 5.73 Å². The lowest BCUT2D eigenvalue weighted by atomic mass is 10.2. The van der Waals surface area contributed by atoms with Crippen molar-refractivity contribution in [2.24, 2.45) is 0 Å². The summed E-state index contributed by atoms with van der Waals surface area (Å²) in [5.74, 6) is 0. The topological polar surface area (TPSA) is 49.8 Å². The van der Waals surface area contributed by atoms with Crippen LogP contribution >= 0.6 is 12.6 Å². The van der Waals surface area contributed by atoms with Crippen LogP contribution in [0.2, 0.25) is 0 Å². The van der Waals surface area contributed by atoms with Crippen LogP contribution in [0.4, 0.5) is 5.69 Å². The van der Waals surface area contributed by atoms with Gasteiger partial charge in [-0.2, -0.15) is 5.26 Å². The van der Waals surface area contributed by atoms with E-state index in [1.807, 2.05) is 6.07 Å². The number of hydrogen-bond acceptors (Lipinski definition) is 3. The number of nitrogens with two attached hydrogens (primary N) is 1. The molecule has 1 aromatic rings. The van der Waals surface area contributed by atoms with Gasteiger partial charge in [-0.3, -0.25) is 0 Å². The highest BCUT2D eigenvalue weighted by atomic mass is 32.1. The minimum absolute atomic E-state index is 0.583. The number of nitrogens with zero attached hydrogens (tertiary/aromatic N) is 1. The maximum Gasteiger partial charge on any atom is 0.0992 e. The predicted molar refractivity (Wildman–Crippen MR) is 42.8 cm³/mol. The van der Waals surface area contributed by atoms with Gasteiger partial charge in [0.2, 0.25) is 0 Å². The summed E-state index contributed by atoms with van der Waals surface area (Å²) in [5, 5.41) is 8.43. The van der Waals surface area contributed by atoms with Crippen molar-refractivity contribution in [2.45, 2.75) is 4.90 Å². The van der Waals surface area contributed by atoms with Gasteiger partial charge in [0.1, 0.15) is 0 Å². The molecule has 2 N–H and O–H groups in total. The highest BCUT2D eigenvalue weighted by Gasteiger charge is 1.94. The number of anilines is 1. The summed E-state index contributed by atoms with van der Waals surface area (Å²) in [6.45, 7) is 0. The molecule has 0 fully saturated rings. The van der Waals surface area contributed by atoms with Crippen molar-refractivity contribution in [1.82, 2.24) is 0 Å². The van der Waals surface area contributed by atoms with E-state index in [9.17, 15) is 0 Å². The van der Waals surface area contributed by atoms with Gasteiger partial charge in [-0.1, -0.05) is 0 Å². The van der Waals surface area contributed by atoms with E-state index < -0.39 is 0 Å². The monoisotopic (exact) mass is 150 g/mol. The molecule has 0 heterocycles. The molecule has 0 saturated carbocycles. The van der Waals surface area contributed by atoms with Gasteiger partial charge in [0.15, 0.2) is 0 Å². The van der Waals surface area contributed by atoms with Crippen molar-refractivity contribution in [3.8, 4) is 6.07 Å². The fourth-order valence-electron chi connectivity index (χ4n) is 0.613. The van der Waals surface area contributed by atoms with E-state index >= 15 is 0 Å². The molecule has 0 amide bonds. The molecular weight excluding hydrogens is 144 g/mol. The van der Waals surface area contributed by atoms with Gasteiger partial charge >= 0.3 is 0 Å². The Kier molecular flexibility index (Phi) is 1.83. The van der Waals surface area contributed by atoms with Crippen molar-refractivity contribution < 1.29 is 0 Å². The summed E-state index contributed by atoms with van der Waals surface area (Å²) in [4.78, 5) is 0.652. The first-order chi connectivity index (χ1) is 4.74. The predicted octanol–water partition coefficient (Wildman–Crippen LogP) is 1.43. The van der Waals surface area contributed by atoms with Gasteiger partial charge in [-0.15, -0.1) is 12.6 Å². The quantitative estimate of drug-likeness (QED) is 0.434. The summed E-state index contributed by atoms with van der Waals surface area (Å²) in [5.41, 5.74) is 6.64. The molecule has 0 aliphatic carbocycles. The fourth-order valence-corrected chi connectivity index (χ4v) is 0.827. The first kappa shape index (κ1) is 6.97. The molecule has 1 aromatic carbocycles. The van der Waals surface area contributed by atoms with Gasteiger partial charge in [0.25, 0.3) is 0 Å². The molecule has 0 atom stereocenters. The lowest BCUT2D eigenvalue weighted by molar-refractivity contribution is 1.41. The Bertz CT molecular complexity index is 288. The minimum atomic E-state index is 0.583. The van der Waals surface area contributed by atoms with Crippen molar-refractivity contribution in [2.75, 3.05) is 5.73 Å². The molecule has 0 aromatic heterocycles. The molecule has 0 bridgehead atoms. The number of benzene rings is 1. The maximum absolute atomic E-state index is 8.43. The Labute approximate surface area is 64.7 Å². The average Bonchev–Trinajstić information content (AvgIpc) is 1.95. The van der Waals surface area contributed by atoms with E-state index in [2.05, 4.69) is 12.6 Å². The highest BCUT2D eigenvalue weighted by molar-refractivity contribution is 7.80. The van der Waals surface area contributed by atoms with Crippen LogP contribution in [0.3, 0.4) is 0 Å². The zero-order valence-electron chi connectivity index (χ0n) is 5.20. The van der Waals surface area contributed by atoms with Gasteiger partial charge in [0, 0.05) is 10.6 Å². The second kappa shape index (κ2) is 2.63. The first-order valence-electron chi connectivity index (χ1n) is 2.72. The third-order valence-corrected chi connectivity index (χ3v) is 1.55. The van der Waals surface area contributed by atoms with Crippen LogP contribution in [0.5, 0.6) is 0 Å². The zero-order valence-corrected chi connectivity index (χ0v) is 6.10. The summed E-state index contributed by atoms with van der Waals surface area (Å²) in [6.07, 6.45) is 0. The van der Waals surface area contributed by atoms with E-state index in [0.29, 0.717) is 16.1 Å². The smallest absolute Gasteiger partial charge is 0.0992 e. The second-order valence-corrected chi connectivity index (χ2v) is 2.37. The molecule has 50 valence electrons. The molecule has 0 radical (unpaired) electrons. The van der Waals surface area contributed by atoms with E-state index in [1.165, 1.54) is 0 Å². The van der Waals surface area contributed by atoms with Crippen LogP contribution in [0.15, 0.2) is 23.1 Å². The van der Waals surface area contributed by atoms with E-state index in [0.717, 1.165) is 0 Å². The molecule has 0 aliphatic heterocycles. The third-order valence-electron chi connectivity index (χ3n) is 1.16. The Morgan fingerprint density at radius 1 is 1.50 bits per heavy atom. The summed E-state index contributed by atoms with van der Waals surface area (Å²) >= 11 is 4.05. The molecule has 0 spiro atoms. The first-order valence-corrected chi connectivity index (χ1v) is 3.17. The summed E-state index contributed by atoms with van der Waals surface area (Å²) < 4.78 is 0. The zero-order chi connectivity index (χ0) is 7.56. The van der Waals surface area contributed by atoms with Crippen molar-refractivity contribution >= 4 is 18.3 Å². The number of nitriles is 1. The van der Waals surface area contributed by atoms with Gasteiger partial charge < -0.3 is 5.73 Å². The SMILES string of the molecule is N#Cc1ccc(N)c(S)c1. The van der Waals surface area contributed by atoms with Crippen LogP contribution in [0, 0.1) is 11.3 Å². The van der Waals surface area contributed by atoms with Gasteiger partial charge in [0.05, 0.1) is 11.6 Å². The molecule has 0 saturated heterocycles. The minimum Gasteiger partial charge on any atom is -0.398 e. The second-order valence-electron chi connectivity index (χ2n) is 1.89. The number of rotatable bonds is 0. The number of hydrogen-bond donors (Lipinski definition) is 2. The lowest BCUT2D eigenvalue weighted by Crippen LogP contribution is -1.86. The van der Waals surface area contributed by atoms with Crippen LogP contribution in [0.1, 0.15) is 5.56 Å². The molecule has 10 heavy (non-hydrogen) atoms. The van der Waals surface area contributed by atoms with E-state index in [-0.39, 0.29) is 0 Å². The van der Waals surface area contributed by atoms with Gasteiger partial charge in [-0.05, 0) is 18.2 Å². The standard InChI is InChI=1S/C7H6N2S/c8-4-5-1-2-6(9)7(10)3-5/h1-3,10H,9H2. The molecular formula is C7H6N2S. The third kappa shape index (κ3) is 1.23. The Morgan fingerprint density at radius 2 is 2.20 bits per heavy atom. The number of thiol groups is 1. The average molecular weight is 150 g/mol. The Balaban J connectivity index is 3.20. The van der Waals surface area contributed by atoms with Crippen LogP contribution in [0.25, 0.3) is 0 Å². The summed E-state index contributed by atoms with van der Waals surface area (Å²) in [6, 6.07) is 6.96. The van der Waals surface area contributed by atoms with Crippen LogP contribution in [-0.2, 0) is 0 Å². The molecule has 2 nitrogen and oxygen atoms in total. The van der Waals surface area contributed by atoms with Gasteiger partial charge in [-0.25, -0.2) is 0 Å². The maximum atomic E-state index is 8.43. The molecule has 0 unspecified atom stereocenters. The van der Waals surface area contributed by atoms with Crippen LogP contribution in [-0.4, -0.2) is 0 Å². The molecule has 1 rings (SSSR count). The van der Waals surface area contributed by atoms with E-state index in [4.69, 9.17) is 11.0 Å². The fraction of sp³-hybridized carbons (Fsp3) is 0. The van der Waals surface area contributed by atoms with Crippen molar-refractivity contribution in [1.29, 1.82) is 5.26 Å². The summed E-state index contributed by atoms with van der Waals surface area (Å²) in [7, 11) is 0. The largest absolute Gasteiger partial charge is 0.398 e. The number of nitrogen functional groups attached to an aromatic ring is 1. The Morgan fingerprint density at radius 3 is 2.70 bits per heavy atom. The van der Waals surface area contributed by atoms with Crippen molar-refractivity contribution in [3.05, 3.63) is 23.8 Å². The highest BCUT2D eigenvalue weighted by Crippen LogP contribution is 2.16. The van der Waals surface area contributed by atoms with Crippen molar-refractivity contribution in [3.63, 3.8) is 0 Å². The molecule has 3 heteroatoms. The normalized spacial score (nSPS) is 8.80. The molecule has 0 aliphatic rings. The van der Waals surface area contributed by atoms with E-state index in [1.54, 1.807) is 18.2 Å². The lowest BCUT2D eigenvalue weighted by Gasteiger charge is -1.96.